The van der Waals surface area contributed by atoms with Crippen molar-refractivity contribution in [3.05, 3.63) is 27.7 Å². The Labute approximate surface area is 130 Å². The van der Waals surface area contributed by atoms with E-state index >= 15 is 0 Å². The third kappa shape index (κ3) is 3.85. The first-order valence-corrected chi connectivity index (χ1v) is 8.15. The van der Waals surface area contributed by atoms with Crippen molar-refractivity contribution in [2.75, 3.05) is 5.32 Å². The van der Waals surface area contributed by atoms with Gasteiger partial charge in [0, 0.05) is 16.6 Å². The van der Waals surface area contributed by atoms with Crippen LogP contribution < -0.4 is 5.32 Å². The van der Waals surface area contributed by atoms with Gasteiger partial charge in [0.1, 0.15) is 0 Å². The van der Waals surface area contributed by atoms with Gasteiger partial charge in [-0.25, -0.2) is 0 Å². The Balaban J connectivity index is 2.23. The summed E-state index contributed by atoms with van der Waals surface area (Å²) in [6.07, 6.45) is 4.31. The number of hydrogen-bond acceptors (Lipinski definition) is 1. The highest BCUT2D eigenvalue weighted by Gasteiger charge is 2.25. The van der Waals surface area contributed by atoms with Gasteiger partial charge in [-0.3, -0.25) is 4.79 Å². The van der Waals surface area contributed by atoms with Gasteiger partial charge in [-0.1, -0.05) is 43.1 Å². The van der Waals surface area contributed by atoms with E-state index in [4.69, 9.17) is 0 Å². The van der Waals surface area contributed by atoms with Crippen molar-refractivity contribution in [3.8, 4) is 0 Å². The second-order valence-electron chi connectivity index (χ2n) is 7.10. The standard InChI is InChI=1S/C17H24BrNO/c1-11-8-13(18)9-14(12-6-5-7-12)16(11)19-15(20)10-17(2,3)4/h8-9,12H,5-7,10H2,1-4H3,(H,19,20). The summed E-state index contributed by atoms with van der Waals surface area (Å²) in [5, 5.41) is 3.15. The van der Waals surface area contributed by atoms with Crippen LogP contribution in [0.3, 0.4) is 0 Å². The first-order chi connectivity index (χ1) is 9.26. The number of hydrogen-bond donors (Lipinski definition) is 1. The summed E-state index contributed by atoms with van der Waals surface area (Å²) in [6, 6.07) is 4.25. The molecule has 2 rings (SSSR count). The average Bonchev–Trinajstić information content (AvgIpc) is 2.17. The van der Waals surface area contributed by atoms with E-state index in [1.54, 1.807) is 0 Å². The van der Waals surface area contributed by atoms with Crippen LogP contribution in [0.25, 0.3) is 0 Å². The molecule has 1 aliphatic carbocycles. The first kappa shape index (κ1) is 15.6. The molecule has 1 amide bonds. The van der Waals surface area contributed by atoms with Crippen LogP contribution in [0.1, 0.15) is 63.5 Å². The van der Waals surface area contributed by atoms with E-state index in [2.05, 4.69) is 61.1 Å². The van der Waals surface area contributed by atoms with Crippen LogP contribution in [-0.4, -0.2) is 5.91 Å². The van der Waals surface area contributed by atoms with Gasteiger partial charge in [0.15, 0.2) is 0 Å². The topological polar surface area (TPSA) is 29.1 Å². The summed E-state index contributed by atoms with van der Waals surface area (Å²) in [7, 11) is 0. The summed E-state index contributed by atoms with van der Waals surface area (Å²) in [5.74, 6) is 0.722. The normalized spacial score (nSPS) is 15.8. The van der Waals surface area contributed by atoms with E-state index in [0.717, 1.165) is 15.7 Å². The molecule has 0 aromatic heterocycles. The molecule has 0 unspecified atom stereocenters. The van der Waals surface area contributed by atoms with Gasteiger partial charge >= 0.3 is 0 Å². The zero-order valence-corrected chi connectivity index (χ0v) is 14.4. The summed E-state index contributed by atoms with van der Waals surface area (Å²) in [5.41, 5.74) is 3.49. The van der Waals surface area contributed by atoms with Crippen molar-refractivity contribution in [2.24, 2.45) is 5.41 Å². The fourth-order valence-electron chi connectivity index (χ4n) is 2.65. The lowest BCUT2D eigenvalue weighted by molar-refractivity contribution is -0.117. The van der Waals surface area contributed by atoms with Gasteiger partial charge in [0.05, 0.1) is 0 Å². The number of aryl methyl sites for hydroxylation is 1. The van der Waals surface area contributed by atoms with Gasteiger partial charge in [0.2, 0.25) is 5.91 Å². The Hall–Kier alpha value is -0.830. The molecule has 0 radical (unpaired) electrons. The molecule has 1 N–H and O–H groups in total. The molecule has 0 atom stereocenters. The Morgan fingerprint density at radius 2 is 2.00 bits per heavy atom. The lowest BCUT2D eigenvalue weighted by Crippen LogP contribution is -2.22. The van der Waals surface area contributed by atoms with Gasteiger partial charge in [-0.05, 0) is 54.4 Å². The SMILES string of the molecule is Cc1cc(Br)cc(C2CCC2)c1NC(=O)CC(C)(C)C. The minimum absolute atomic E-state index is 0.0178. The van der Waals surface area contributed by atoms with Crippen molar-refractivity contribution in [1.29, 1.82) is 0 Å². The highest BCUT2D eigenvalue weighted by atomic mass is 79.9. The van der Waals surface area contributed by atoms with Crippen molar-refractivity contribution < 1.29 is 4.79 Å². The number of carbonyl (C=O) groups excluding carboxylic acids is 1. The van der Waals surface area contributed by atoms with Crippen LogP contribution in [0.2, 0.25) is 0 Å². The van der Waals surface area contributed by atoms with Gasteiger partial charge < -0.3 is 5.32 Å². The molecule has 0 saturated heterocycles. The van der Waals surface area contributed by atoms with E-state index in [0.29, 0.717) is 12.3 Å². The molecule has 1 aromatic carbocycles. The van der Waals surface area contributed by atoms with E-state index in [1.807, 2.05) is 0 Å². The van der Waals surface area contributed by atoms with Gasteiger partial charge in [-0.2, -0.15) is 0 Å². The molecule has 1 aromatic rings. The van der Waals surface area contributed by atoms with Crippen molar-refractivity contribution in [1.82, 2.24) is 0 Å². The first-order valence-electron chi connectivity index (χ1n) is 7.36. The lowest BCUT2D eigenvalue weighted by Gasteiger charge is -2.29. The maximum atomic E-state index is 12.2. The molecule has 1 fully saturated rings. The molecule has 1 aliphatic rings. The molecule has 1 saturated carbocycles. The molecule has 0 spiro atoms. The van der Waals surface area contributed by atoms with E-state index in [1.165, 1.54) is 24.8 Å². The van der Waals surface area contributed by atoms with Crippen molar-refractivity contribution in [3.63, 3.8) is 0 Å². The molecule has 20 heavy (non-hydrogen) atoms. The van der Waals surface area contributed by atoms with Crippen LogP contribution in [0.4, 0.5) is 5.69 Å². The highest BCUT2D eigenvalue weighted by molar-refractivity contribution is 9.10. The van der Waals surface area contributed by atoms with Crippen LogP contribution >= 0.6 is 15.9 Å². The Morgan fingerprint density at radius 3 is 2.50 bits per heavy atom. The summed E-state index contributed by atoms with van der Waals surface area (Å²) >= 11 is 3.57. The van der Waals surface area contributed by atoms with Gasteiger partial charge in [0.25, 0.3) is 0 Å². The number of amides is 1. The molecule has 3 heteroatoms. The smallest absolute Gasteiger partial charge is 0.224 e. The summed E-state index contributed by atoms with van der Waals surface area (Å²) in [4.78, 5) is 12.2. The number of halogens is 1. The molecular weight excluding hydrogens is 314 g/mol. The van der Waals surface area contributed by atoms with Crippen molar-refractivity contribution >= 4 is 27.5 Å². The number of rotatable bonds is 3. The van der Waals surface area contributed by atoms with E-state index < -0.39 is 0 Å². The number of nitrogens with one attached hydrogen (secondary N) is 1. The molecule has 2 nitrogen and oxygen atoms in total. The highest BCUT2D eigenvalue weighted by Crippen LogP contribution is 2.42. The molecule has 0 aliphatic heterocycles. The molecule has 110 valence electrons. The minimum Gasteiger partial charge on any atom is -0.326 e. The number of anilines is 1. The lowest BCUT2D eigenvalue weighted by atomic mass is 9.78. The maximum absolute atomic E-state index is 12.2. The Kier molecular flexibility index (Phi) is 4.58. The predicted octanol–water partition coefficient (Wildman–Crippen LogP) is 5.40. The molecule has 0 bridgehead atoms. The van der Waals surface area contributed by atoms with Crippen LogP contribution in [0, 0.1) is 12.3 Å². The van der Waals surface area contributed by atoms with Gasteiger partial charge in [-0.15, -0.1) is 0 Å². The van der Waals surface area contributed by atoms with Crippen molar-refractivity contribution in [2.45, 2.75) is 59.3 Å². The second kappa shape index (κ2) is 5.88. The zero-order chi connectivity index (χ0) is 14.9. The van der Waals surface area contributed by atoms with Crippen LogP contribution in [0.15, 0.2) is 16.6 Å². The summed E-state index contributed by atoms with van der Waals surface area (Å²) in [6.45, 7) is 8.34. The summed E-state index contributed by atoms with van der Waals surface area (Å²) < 4.78 is 1.10. The van der Waals surface area contributed by atoms with E-state index in [-0.39, 0.29) is 11.3 Å². The third-order valence-corrected chi connectivity index (χ3v) is 4.29. The quantitative estimate of drug-likeness (QED) is 0.785. The zero-order valence-electron chi connectivity index (χ0n) is 12.8. The average molecular weight is 338 g/mol. The largest absolute Gasteiger partial charge is 0.326 e. The number of carbonyl (C=O) groups is 1. The Bertz CT molecular complexity index is 512. The second-order valence-corrected chi connectivity index (χ2v) is 8.02. The minimum atomic E-state index is 0.0178. The monoisotopic (exact) mass is 337 g/mol. The maximum Gasteiger partial charge on any atom is 0.224 e. The van der Waals surface area contributed by atoms with Crippen LogP contribution in [0.5, 0.6) is 0 Å². The fraction of sp³-hybridized carbons (Fsp3) is 0.588. The fourth-order valence-corrected chi connectivity index (χ4v) is 3.24. The Morgan fingerprint density at radius 1 is 1.35 bits per heavy atom. The van der Waals surface area contributed by atoms with E-state index in [9.17, 15) is 4.79 Å². The third-order valence-electron chi connectivity index (χ3n) is 3.83. The predicted molar refractivity (Wildman–Crippen MR) is 88.2 cm³/mol. The van der Waals surface area contributed by atoms with Crippen LogP contribution in [-0.2, 0) is 4.79 Å². The molecular formula is C17H24BrNO. The number of benzene rings is 1. The molecule has 0 heterocycles.